The van der Waals surface area contributed by atoms with Crippen LogP contribution in [0.25, 0.3) is 0 Å². The number of esters is 1. The molecule has 0 saturated heterocycles. The van der Waals surface area contributed by atoms with Crippen LogP contribution in [0.4, 0.5) is 0 Å². The Balaban J connectivity index is 2.47. The zero-order chi connectivity index (χ0) is 11.1. The second-order valence-corrected chi connectivity index (χ2v) is 3.01. The van der Waals surface area contributed by atoms with Crippen molar-refractivity contribution >= 4 is 5.97 Å². The van der Waals surface area contributed by atoms with E-state index >= 15 is 0 Å². The predicted octanol–water partition coefficient (Wildman–Crippen LogP) is 2.18. The zero-order valence-electron chi connectivity index (χ0n) is 8.68. The highest BCUT2D eigenvalue weighted by Gasteiger charge is 2.07. The van der Waals surface area contributed by atoms with Crippen molar-refractivity contribution in [3.8, 4) is 5.75 Å². The second kappa shape index (κ2) is 5.86. The molecule has 0 bridgehead atoms. The van der Waals surface area contributed by atoms with Crippen molar-refractivity contribution in [3.05, 3.63) is 43.0 Å². The molecular weight excluding hydrogens is 192 g/mol. The molecule has 1 atom stereocenters. The third kappa shape index (κ3) is 4.31. The minimum absolute atomic E-state index is 0.188. The summed E-state index contributed by atoms with van der Waals surface area (Å²) in [6.45, 7) is 5.17. The second-order valence-electron chi connectivity index (χ2n) is 3.01. The van der Waals surface area contributed by atoms with E-state index in [9.17, 15) is 4.79 Å². The largest absolute Gasteiger partial charge is 0.483 e. The Morgan fingerprint density at radius 2 is 2.13 bits per heavy atom. The van der Waals surface area contributed by atoms with Crippen molar-refractivity contribution in [2.45, 2.75) is 13.0 Å². The third-order valence-electron chi connectivity index (χ3n) is 1.74. The summed E-state index contributed by atoms with van der Waals surface area (Å²) in [6.07, 6.45) is 1.30. The van der Waals surface area contributed by atoms with Gasteiger partial charge in [-0.25, -0.2) is 0 Å². The minimum atomic E-state index is -0.321. The Hall–Kier alpha value is -1.77. The summed E-state index contributed by atoms with van der Waals surface area (Å²) in [4.78, 5) is 10.6. The van der Waals surface area contributed by atoms with E-state index in [4.69, 9.17) is 9.47 Å². The van der Waals surface area contributed by atoms with Crippen LogP contribution in [0.2, 0.25) is 0 Å². The average molecular weight is 206 g/mol. The number of para-hydroxylation sites is 1. The number of hydrogen-bond acceptors (Lipinski definition) is 3. The van der Waals surface area contributed by atoms with Crippen molar-refractivity contribution in [1.82, 2.24) is 0 Å². The molecule has 0 N–H and O–H groups in total. The summed E-state index contributed by atoms with van der Waals surface area (Å²) >= 11 is 0. The summed E-state index contributed by atoms with van der Waals surface area (Å²) in [6, 6.07) is 9.33. The quantitative estimate of drug-likeness (QED) is 0.547. The number of carbonyl (C=O) groups excluding carboxylic acids is 1. The molecule has 1 rings (SSSR count). The fourth-order valence-electron chi connectivity index (χ4n) is 1.02. The molecule has 0 aliphatic heterocycles. The maximum Gasteiger partial charge on any atom is 0.302 e. The van der Waals surface area contributed by atoms with E-state index in [-0.39, 0.29) is 18.7 Å². The van der Waals surface area contributed by atoms with Crippen LogP contribution in [0, 0.1) is 0 Å². The number of carbonyl (C=O) groups is 1. The van der Waals surface area contributed by atoms with Gasteiger partial charge in [0.2, 0.25) is 0 Å². The van der Waals surface area contributed by atoms with Gasteiger partial charge in [-0.05, 0) is 18.2 Å². The van der Waals surface area contributed by atoms with E-state index < -0.39 is 0 Å². The molecule has 0 spiro atoms. The maximum atomic E-state index is 10.6. The van der Waals surface area contributed by atoms with Gasteiger partial charge < -0.3 is 9.47 Å². The standard InChI is InChI=1S/C12H14O3/c1-3-11(9-14-10(2)13)15-12-7-5-4-6-8-12/h3-8,11H,1,9H2,2H3. The van der Waals surface area contributed by atoms with Gasteiger partial charge in [0.05, 0.1) is 0 Å². The Morgan fingerprint density at radius 3 is 2.67 bits per heavy atom. The smallest absolute Gasteiger partial charge is 0.302 e. The molecule has 0 aromatic heterocycles. The van der Waals surface area contributed by atoms with Gasteiger partial charge >= 0.3 is 5.97 Å². The highest BCUT2D eigenvalue weighted by Crippen LogP contribution is 2.11. The molecule has 1 aromatic rings. The third-order valence-corrected chi connectivity index (χ3v) is 1.74. The van der Waals surface area contributed by atoms with E-state index in [1.54, 1.807) is 6.08 Å². The fourth-order valence-corrected chi connectivity index (χ4v) is 1.02. The molecule has 15 heavy (non-hydrogen) atoms. The first-order chi connectivity index (χ1) is 7.22. The lowest BCUT2D eigenvalue weighted by Crippen LogP contribution is -2.21. The van der Waals surface area contributed by atoms with Crippen LogP contribution in [-0.2, 0) is 9.53 Å². The molecule has 1 aromatic carbocycles. The monoisotopic (exact) mass is 206 g/mol. The Morgan fingerprint density at radius 1 is 1.47 bits per heavy atom. The van der Waals surface area contributed by atoms with Crippen LogP contribution in [0.5, 0.6) is 5.75 Å². The average Bonchev–Trinajstić information content (AvgIpc) is 2.25. The lowest BCUT2D eigenvalue weighted by atomic mass is 10.3. The Kier molecular flexibility index (Phi) is 4.41. The molecule has 0 heterocycles. The van der Waals surface area contributed by atoms with Crippen LogP contribution in [0.3, 0.4) is 0 Å². The van der Waals surface area contributed by atoms with Gasteiger partial charge in [0.15, 0.2) is 6.10 Å². The van der Waals surface area contributed by atoms with Gasteiger partial charge in [-0.3, -0.25) is 4.79 Å². The maximum absolute atomic E-state index is 10.6. The molecule has 0 aliphatic carbocycles. The first kappa shape index (κ1) is 11.3. The van der Waals surface area contributed by atoms with Crippen LogP contribution < -0.4 is 4.74 Å². The number of hydrogen-bond donors (Lipinski definition) is 0. The molecule has 0 aliphatic rings. The number of benzene rings is 1. The van der Waals surface area contributed by atoms with Gasteiger partial charge in [0.25, 0.3) is 0 Å². The molecule has 3 nitrogen and oxygen atoms in total. The van der Waals surface area contributed by atoms with Crippen LogP contribution in [-0.4, -0.2) is 18.7 Å². The first-order valence-corrected chi connectivity index (χ1v) is 4.70. The SMILES string of the molecule is C=CC(COC(C)=O)Oc1ccccc1. The molecule has 3 heteroatoms. The molecular formula is C12H14O3. The normalized spacial score (nSPS) is 11.5. The first-order valence-electron chi connectivity index (χ1n) is 4.70. The molecule has 0 radical (unpaired) electrons. The number of ether oxygens (including phenoxy) is 2. The van der Waals surface area contributed by atoms with E-state index in [1.807, 2.05) is 30.3 Å². The Bertz CT molecular complexity index is 319. The van der Waals surface area contributed by atoms with Crippen molar-refractivity contribution in [1.29, 1.82) is 0 Å². The lowest BCUT2D eigenvalue weighted by molar-refractivity contribution is -0.142. The van der Waals surface area contributed by atoms with Gasteiger partial charge in [-0.2, -0.15) is 0 Å². The predicted molar refractivity (Wildman–Crippen MR) is 57.7 cm³/mol. The van der Waals surface area contributed by atoms with Crippen molar-refractivity contribution in [2.24, 2.45) is 0 Å². The van der Waals surface area contributed by atoms with Crippen molar-refractivity contribution in [2.75, 3.05) is 6.61 Å². The van der Waals surface area contributed by atoms with Crippen molar-refractivity contribution in [3.63, 3.8) is 0 Å². The molecule has 1 unspecified atom stereocenters. The van der Waals surface area contributed by atoms with E-state index in [0.717, 1.165) is 5.75 Å². The summed E-state index contributed by atoms with van der Waals surface area (Å²) in [5, 5.41) is 0. The molecule has 80 valence electrons. The lowest BCUT2D eigenvalue weighted by Gasteiger charge is -2.14. The van der Waals surface area contributed by atoms with Gasteiger partial charge in [0.1, 0.15) is 12.4 Å². The molecule has 0 fully saturated rings. The van der Waals surface area contributed by atoms with Gasteiger partial charge in [-0.15, -0.1) is 0 Å². The highest BCUT2D eigenvalue weighted by atomic mass is 16.6. The van der Waals surface area contributed by atoms with E-state index in [0.29, 0.717) is 0 Å². The number of rotatable bonds is 5. The summed E-state index contributed by atoms with van der Waals surface area (Å²) < 4.78 is 10.4. The highest BCUT2D eigenvalue weighted by molar-refractivity contribution is 5.65. The fraction of sp³-hybridized carbons (Fsp3) is 0.250. The molecule has 0 amide bonds. The van der Waals surface area contributed by atoms with Crippen LogP contribution in [0.1, 0.15) is 6.92 Å². The minimum Gasteiger partial charge on any atom is -0.483 e. The van der Waals surface area contributed by atoms with Gasteiger partial charge in [-0.1, -0.05) is 24.8 Å². The summed E-state index contributed by atoms with van der Waals surface area (Å²) in [5.74, 6) is 0.410. The van der Waals surface area contributed by atoms with Crippen LogP contribution in [0.15, 0.2) is 43.0 Å². The molecule has 0 saturated carbocycles. The zero-order valence-corrected chi connectivity index (χ0v) is 8.68. The summed E-state index contributed by atoms with van der Waals surface area (Å²) in [7, 11) is 0. The van der Waals surface area contributed by atoms with E-state index in [1.165, 1.54) is 6.92 Å². The van der Waals surface area contributed by atoms with Crippen molar-refractivity contribution < 1.29 is 14.3 Å². The van der Waals surface area contributed by atoms with Gasteiger partial charge in [0, 0.05) is 6.92 Å². The van der Waals surface area contributed by atoms with Crippen LogP contribution >= 0.6 is 0 Å². The Labute approximate surface area is 89.3 Å². The topological polar surface area (TPSA) is 35.5 Å². The summed E-state index contributed by atoms with van der Waals surface area (Å²) in [5.41, 5.74) is 0. The van der Waals surface area contributed by atoms with E-state index in [2.05, 4.69) is 6.58 Å².